The Hall–Kier alpha value is -2.22. The Bertz CT molecular complexity index is 1020. The second kappa shape index (κ2) is 9.50. The molecule has 0 bridgehead atoms. The third-order valence-electron chi connectivity index (χ3n) is 5.71. The van der Waals surface area contributed by atoms with Crippen LogP contribution in [0.2, 0.25) is 25.7 Å². The lowest BCUT2D eigenvalue weighted by Gasteiger charge is -2.23. The maximum Gasteiger partial charge on any atom is 0.128 e. The highest BCUT2D eigenvalue weighted by molar-refractivity contribution is 6.76. The number of aryl methyl sites for hydroxylation is 1. The molecule has 3 aromatic heterocycles. The van der Waals surface area contributed by atoms with Crippen molar-refractivity contribution in [1.29, 1.82) is 0 Å². The molecular formula is C24H34N4O2Si. The van der Waals surface area contributed by atoms with Crippen LogP contribution in [0.25, 0.3) is 22.2 Å². The third-order valence-corrected chi connectivity index (χ3v) is 7.41. The fraction of sp³-hybridized carbons (Fsp3) is 0.500. The van der Waals surface area contributed by atoms with Gasteiger partial charge in [-0.1, -0.05) is 19.6 Å². The van der Waals surface area contributed by atoms with Crippen LogP contribution in [0.1, 0.15) is 18.5 Å². The summed E-state index contributed by atoms with van der Waals surface area (Å²) in [4.78, 5) is 9.03. The number of fused-ring (bicyclic) bond motifs is 1. The molecule has 3 aromatic rings. The lowest BCUT2D eigenvalue weighted by atomic mass is 10.1. The monoisotopic (exact) mass is 438 g/mol. The lowest BCUT2D eigenvalue weighted by molar-refractivity contribution is 0.0875. The number of rotatable bonds is 8. The molecule has 166 valence electrons. The molecule has 0 saturated carbocycles. The maximum absolute atomic E-state index is 6.17. The number of hydrogen-bond acceptors (Lipinski definition) is 5. The van der Waals surface area contributed by atoms with E-state index in [0.717, 1.165) is 72.4 Å². The minimum absolute atomic E-state index is 0.317. The molecule has 1 N–H and O–H groups in total. The summed E-state index contributed by atoms with van der Waals surface area (Å²) in [6, 6.07) is 10.0. The Balaban J connectivity index is 1.64. The zero-order valence-electron chi connectivity index (χ0n) is 19.1. The largest absolute Gasteiger partial charge is 0.379 e. The van der Waals surface area contributed by atoms with E-state index in [2.05, 4.69) is 63.8 Å². The van der Waals surface area contributed by atoms with Gasteiger partial charge in [0.25, 0.3) is 0 Å². The molecule has 0 radical (unpaired) electrons. The molecule has 6 nitrogen and oxygen atoms in total. The Morgan fingerprint density at radius 2 is 2.10 bits per heavy atom. The fourth-order valence-electron chi connectivity index (χ4n) is 3.92. The van der Waals surface area contributed by atoms with Gasteiger partial charge in [0.1, 0.15) is 12.5 Å². The van der Waals surface area contributed by atoms with Gasteiger partial charge in [-0.15, -0.1) is 0 Å². The van der Waals surface area contributed by atoms with E-state index in [9.17, 15) is 0 Å². The van der Waals surface area contributed by atoms with Gasteiger partial charge in [-0.05, 0) is 44.0 Å². The van der Waals surface area contributed by atoms with Crippen molar-refractivity contribution in [3.05, 3.63) is 42.4 Å². The van der Waals surface area contributed by atoms with E-state index in [0.29, 0.717) is 12.8 Å². The Morgan fingerprint density at radius 1 is 1.23 bits per heavy atom. The van der Waals surface area contributed by atoms with E-state index in [1.54, 1.807) is 0 Å². The van der Waals surface area contributed by atoms with Gasteiger partial charge in [-0.3, -0.25) is 4.98 Å². The van der Waals surface area contributed by atoms with E-state index < -0.39 is 8.07 Å². The Kier molecular flexibility index (Phi) is 6.74. The molecule has 1 aliphatic heterocycles. The molecule has 1 aliphatic rings. The zero-order chi connectivity index (χ0) is 21.8. The summed E-state index contributed by atoms with van der Waals surface area (Å²) >= 11 is 0. The molecule has 4 rings (SSSR count). The summed E-state index contributed by atoms with van der Waals surface area (Å²) in [6.07, 6.45) is 6.03. The van der Waals surface area contributed by atoms with Crippen molar-refractivity contribution in [1.82, 2.24) is 14.5 Å². The van der Waals surface area contributed by atoms with Crippen LogP contribution in [-0.4, -0.2) is 48.5 Å². The second-order valence-electron chi connectivity index (χ2n) is 9.68. The summed E-state index contributed by atoms with van der Waals surface area (Å²) in [5, 5.41) is 4.67. The number of ether oxygens (including phenoxy) is 2. The van der Waals surface area contributed by atoms with Gasteiger partial charge in [-0.2, -0.15) is 0 Å². The Morgan fingerprint density at radius 3 is 2.84 bits per heavy atom. The third kappa shape index (κ3) is 5.73. The average Bonchev–Trinajstić information content (AvgIpc) is 3.09. The molecular weight excluding hydrogens is 404 g/mol. The highest BCUT2D eigenvalue weighted by atomic mass is 28.3. The van der Waals surface area contributed by atoms with Crippen molar-refractivity contribution in [2.45, 2.75) is 58.2 Å². The molecule has 0 spiro atoms. The van der Waals surface area contributed by atoms with Gasteiger partial charge in [-0.25, -0.2) is 4.98 Å². The minimum atomic E-state index is -1.13. The molecule has 1 atom stereocenters. The van der Waals surface area contributed by atoms with Crippen LogP contribution in [0.3, 0.4) is 0 Å². The summed E-state index contributed by atoms with van der Waals surface area (Å²) in [6.45, 7) is 12.1. The van der Waals surface area contributed by atoms with Crippen LogP contribution in [0.4, 0.5) is 5.82 Å². The number of nitrogens with zero attached hydrogens (tertiary/aromatic N) is 3. The molecule has 31 heavy (non-hydrogen) atoms. The molecule has 0 unspecified atom stereocenters. The first-order chi connectivity index (χ1) is 14.9. The maximum atomic E-state index is 6.17. The van der Waals surface area contributed by atoms with Crippen LogP contribution >= 0.6 is 0 Å². The van der Waals surface area contributed by atoms with Gasteiger partial charge in [0.15, 0.2) is 0 Å². The normalized spacial score (nSPS) is 17.2. The topological polar surface area (TPSA) is 61.2 Å². The summed E-state index contributed by atoms with van der Waals surface area (Å²) in [5.41, 5.74) is 4.42. The van der Waals surface area contributed by atoms with Gasteiger partial charge in [0, 0.05) is 56.4 Å². The number of anilines is 1. The van der Waals surface area contributed by atoms with Gasteiger partial charge < -0.3 is 19.4 Å². The van der Waals surface area contributed by atoms with E-state index in [4.69, 9.17) is 9.47 Å². The van der Waals surface area contributed by atoms with Crippen LogP contribution < -0.4 is 5.32 Å². The van der Waals surface area contributed by atoms with Crippen molar-refractivity contribution in [2.24, 2.45) is 0 Å². The average molecular weight is 439 g/mol. The number of pyridine rings is 2. The zero-order valence-corrected chi connectivity index (χ0v) is 20.1. The molecule has 1 saturated heterocycles. The van der Waals surface area contributed by atoms with E-state index >= 15 is 0 Å². The number of aromatic nitrogens is 3. The Labute approximate surface area is 186 Å². The van der Waals surface area contributed by atoms with Crippen LogP contribution in [0.5, 0.6) is 0 Å². The molecule has 7 heteroatoms. The second-order valence-corrected chi connectivity index (χ2v) is 15.3. The van der Waals surface area contributed by atoms with Crippen molar-refractivity contribution in [2.75, 3.05) is 25.1 Å². The van der Waals surface area contributed by atoms with E-state index in [1.165, 1.54) is 0 Å². The smallest absolute Gasteiger partial charge is 0.128 e. The van der Waals surface area contributed by atoms with E-state index in [-0.39, 0.29) is 0 Å². The van der Waals surface area contributed by atoms with Crippen molar-refractivity contribution >= 4 is 24.8 Å². The molecule has 4 heterocycles. The first-order valence-corrected chi connectivity index (χ1v) is 14.9. The predicted octanol–water partition coefficient (Wildman–Crippen LogP) is 5.31. The molecule has 0 aromatic carbocycles. The summed E-state index contributed by atoms with van der Waals surface area (Å²) in [7, 11) is -1.13. The fourth-order valence-corrected chi connectivity index (χ4v) is 4.67. The van der Waals surface area contributed by atoms with Crippen LogP contribution in [-0.2, 0) is 16.2 Å². The van der Waals surface area contributed by atoms with Gasteiger partial charge in [0.05, 0.1) is 23.9 Å². The molecule has 1 fully saturated rings. The predicted molar refractivity (Wildman–Crippen MR) is 129 cm³/mol. The number of nitrogens with one attached hydrogen (secondary N) is 1. The van der Waals surface area contributed by atoms with Crippen molar-refractivity contribution in [3.63, 3.8) is 0 Å². The summed E-state index contributed by atoms with van der Waals surface area (Å²) in [5.74, 6) is 0.891. The lowest BCUT2D eigenvalue weighted by Crippen LogP contribution is -2.30. The van der Waals surface area contributed by atoms with Crippen molar-refractivity contribution < 1.29 is 9.47 Å². The summed E-state index contributed by atoms with van der Waals surface area (Å²) < 4.78 is 14.0. The van der Waals surface area contributed by atoms with Crippen LogP contribution in [0, 0.1) is 6.92 Å². The molecule has 0 aliphatic carbocycles. The quantitative estimate of drug-likeness (QED) is 0.381. The van der Waals surface area contributed by atoms with E-state index in [1.807, 2.05) is 19.3 Å². The van der Waals surface area contributed by atoms with Gasteiger partial charge >= 0.3 is 0 Å². The van der Waals surface area contributed by atoms with Crippen LogP contribution in [0.15, 0.2) is 36.7 Å². The highest BCUT2D eigenvalue weighted by Crippen LogP contribution is 2.30. The molecule has 0 amide bonds. The standard InChI is InChI=1S/C24H34N4O2Si/c1-18-12-19(7-8-25-18)22-13-20-15-26-24(27-21-6-5-9-29-16-21)14-23(20)28(22)17-30-10-11-31(2,3)4/h7-8,12-15,21H,5-6,9-11,16-17H2,1-4H3,(H,26,27)/t21-/m1/s1. The number of hydrogen-bond donors (Lipinski definition) is 1. The minimum Gasteiger partial charge on any atom is -0.379 e. The SMILES string of the molecule is Cc1cc(-c2cc3cnc(N[C@@H]4CCCOC4)cc3n2COCC[Si](C)(C)C)ccn1. The highest BCUT2D eigenvalue weighted by Gasteiger charge is 2.17. The first kappa shape index (κ1) is 22.0. The van der Waals surface area contributed by atoms with Gasteiger partial charge in [0.2, 0.25) is 0 Å². The van der Waals surface area contributed by atoms with Crippen molar-refractivity contribution in [3.8, 4) is 11.3 Å². The first-order valence-electron chi connectivity index (χ1n) is 11.2.